The van der Waals surface area contributed by atoms with E-state index in [-0.39, 0.29) is 49.4 Å². The van der Waals surface area contributed by atoms with Crippen molar-refractivity contribution in [2.45, 2.75) is 76.0 Å². The number of hydrogen-bond acceptors (Lipinski definition) is 6. The van der Waals surface area contributed by atoms with Gasteiger partial charge in [0, 0.05) is 32.2 Å². The molecule has 9 nitrogen and oxygen atoms in total. The fourth-order valence-corrected chi connectivity index (χ4v) is 5.34. The van der Waals surface area contributed by atoms with E-state index in [0.29, 0.717) is 32.4 Å². The van der Waals surface area contributed by atoms with Crippen LogP contribution in [0, 0.1) is 0 Å². The number of hydrogen-bond donors (Lipinski definition) is 3. The number of rotatable bonds is 7. The minimum atomic E-state index is -0.723. The van der Waals surface area contributed by atoms with E-state index < -0.39 is 6.10 Å². The SMILES string of the molecule is CCCNC(=O)N1C[C@H](O)COC[C@@H]2O[C@H](CC(=O)N[C@@H]3CCN(Cc4ccccc4)C3)CC[C@H]21. The Morgan fingerprint density at radius 2 is 1.94 bits per heavy atom. The summed E-state index contributed by atoms with van der Waals surface area (Å²) >= 11 is 0. The summed E-state index contributed by atoms with van der Waals surface area (Å²) < 4.78 is 11.9. The van der Waals surface area contributed by atoms with Crippen LogP contribution in [-0.4, -0.2) is 96.6 Å². The summed E-state index contributed by atoms with van der Waals surface area (Å²) in [5.41, 5.74) is 1.29. The lowest BCUT2D eigenvalue weighted by Gasteiger charge is -2.44. The molecule has 3 N–H and O–H groups in total. The first kappa shape index (κ1) is 25.9. The maximum atomic E-state index is 12.8. The van der Waals surface area contributed by atoms with Crippen LogP contribution < -0.4 is 10.6 Å². The van der Waals surface area contributed by atoms with Crippen LogP contribution in [0.15, 0.2) is 30.3 Å². The van der Waals surface area contributed by atoms with Crippen LogP contribution in [0.5, 0.6) is 0 Å². The van der Waals surface area contributed by atoms with E-state index in [2.05, 4.69) is 39.8 Å². The number of carbonyl (C=O) groups is 2. The molecule has 3 aliphatic rings. The van der Waals surface area contributed by atoms with E-state index in [4.69, 9.17) is 9.47 Å². The fraction of sp³-hybridized carbons (Fsp3) is 0.692. The Hall–Kier alpha value is -2.20. The summed E-state index contributed by atoms with van der Waals surface area (Å²) in [6.45, 7) is 6.01. The Labute approximate surface area is 208 Å². The summed E-state index contributed by atoms with van der Waals surface area (Å²) in [6, 6.07) is 10.2. The third-order valence-electron chi connectivity index (χ3n) is 7.07. The zero-order valence-corrected chi connectivity index (χ0v) is 20.7. The van der Waals surface area contributed by atoms with Crippen LogP contribution in [0.4, 0.5) is 4.79 Å². The average molecular weight is 489 g/mol. The Bertz CT molecular complexity index is 825. The van der Waals surface area contributed by atoms with Crippen molar-refractivity contribution in [3.05, 3.63) is 35.9 Å². The molecule has 0 bridgehead atoms. The molecule has 3 heterocycles. The van der Waals surface area contributed by atoms with Crippen LogP contribution in [0.2, 0.25) is 0 Å². The van der Waals surface area contributed by atoms with Crippen LogP contribution in [0.1, 0.15) is 44.6 Å². The number of benzene rings is 1. The highest BCUT2D eigenvalue weighted by atomic mass is 16.5. The van der Waals surface area contributed by atoms with Crippen molar-refractivity contribution in [2.75, 3.05) is 39.4 Å². The second kappa shape index (κ2) is 12.7. The first-order valence-electron chi connectivity index (χ1n) is 13.0. The Morgan fingerprint density at radius 1 is 1.11 bits per heavy atom. The monoisotopic (exact) mass is 488 g/mol. The van der Waals surface area contributed by atoms with Crippen molar-refractivity contribution in [3.63, 3.8) is 0 Å². The van der Waals surface area contributed by atoms with Gasteiger partial charge in [0.1, 0.15) is 6.10 Å². The second-order valence-corrected chi connectivity index (χ2v) is 9.99. The quantitative estimate of drug-likeness (QED) is 0.538. The molecule has 194 valence electrons. The van der Waals surface area contributed by atoms with Gasteiger partial charge in [-0.3, -0.25) is 9.69 Å². The van der Waals surface area contributed by atoms with Gasteiger partial charge in [-0.15, -0.1) is 0 Å². The maximum absolute atomic E-state index is 12.8. The zero-order chi connectivity index (χ0) is 24.6. The molecule has 3 amide bonds. The average Bonchev–Trinajstić information content (AvgIpc) is 3.27. The van der Waals surface area contributed by atoms with Gasteiger partial charge in [-0.2, -0.15) is 0 Å². The van der Waals surface area contributed by atoms with Gasteiger partial charge in [0.2, 0.25) is 5.91 Å². The molecule has 3 fully saturated rings. The highest BCUT2D eigenvalue weighted by molar-refractivity contribution is 5.77. The van der Waals surface area contributed by atoms with Gasteiger partial charge in [-0.05, 0) is 31.2 Å². The lowest BCUT2D eigenvalue weighted by molar-refractivity contribution is -0.150. The Morgan fingerprint density at radius 3 is 2.74 bits per heavy atom. The van der Waals surface area contributed by atoms with Crippen molar-refractivity contribution in [1.82, 2.24) is 20.4 Å². The number of nitrogens with zero attached hydrogens (tertiary/aromatic N) is 2. The predicted molar refractivity (Wildman–Crippen MR) is 132 cm³/mol. The molecule has 3 aliphatic heterocycles. The topological polar surface area (TPSA) is 103 Å². The fourth-order valence-electron chi connectivity index (χ4n) is 5.34. The van der Waals surface area contributed by atoms with E-state index in [9.17, 15) is 14.7 Å². The van der Waals surface area contributed by atoms with Gasteiger partial charge in [0.25, 0.3) is 0 Å². The lowest BCUT2D eigenvalue weighted by Crippen LogP contribution is -2.59. The van der Waals surface area contributed by atoms with Crippen LogP contribution in [0.25, 0.3) is 0 Å². The van der Waals surface area contributed by atoms with E-state index in [1.165, 1.54) is 5.56 Å². The highest BCUT2D eigenvalue weighted by Gasteiger charge is 2.40. The van der Waals surface area contributed by atoms with E-state index in [1.54, 1.807) is 4.90 Å². The molecule has 9 heteroatoms. The highest BCUT2D eigenvalue weighted by Crippen LogP contribution is 2.28. The number of nitrogens with one attached hydrogen (secondary N) is 2. The van der Waals surface area contributed by atoms with Crippen LogP contribution >= 0.6 is 0 Å². The van der Waals surface area contributed by atoms with Crippen molar-refractivity contribution >= 4 is 11.9 Å². The number of aliphatic hydroxyl groups excluding tert-OH is 1. The standard InChI is InChI=1S/C26H40N4O5/c1-2-11-27-26(33)30-16-21(31)17-34-18-24-23(30)9-8-22(35-24)13-25(32)28-20-10-12-29(15-20)14-19-6-4-3-5-7-19/h3-7,20-24,31H,2,8-18H2,1H3,(H,27,33)(H,28,32)/t20-,21+,22+,23-,24+/m1/s1. The minimum Gasteiger partial charge on any atom is -0.389 e. The molecular weight excluding hydrogens is 448 g/mol. The van der Waals surface area contributed by atoms with Crippen molar-refractivity contribution in [2.24, 2.45) is 0 Å². The third kappa shape index (κ3) is 7.39. The first-order valence-corrected chi connectivity index (χ1v) is 13.0. The van der Waals surface area contributed by atoms with Gasteiger partial charge >= 0.3 is 6.03 Å². The number of urea groups is 1. The number of ether oxygens (including phenoxy) is 2. The smallest absolute Gasteiger partial charge is 0.317 e. The molecule has 3 saturated heterocycles. The Balaban J connectivity index is 1.26. The molecule has 0 saturated carbocycles. The number of aliphatic hydroxyl groups is 1. The van der Waals surface area contributed by atoms with E-state index in [1.807, 2.05) is 13.0 Å². The second-order valence-electron chi connectivity index (χ2n) is 9.99. The lowest BCUT2D eigenvalue weighted by atomic mass is 9.95. The number of β-amino-alcohol motifs (C(OH)–C–C–N with tert-alkyl or cyclic N) is 1. The summed E-state index contributed by atoms with van der Waals surface area (Å²) in [6.07, 6.45) is 2.27. The molecule has 0 unspecified atom stereocenters. The van der Waals surface area contributed by atoms with Gasteiger partial charge in [0.05, 0.1) is 44.4 Å². The predicted octanol–water partition coefficient (Wildman–Crippen LogP) is 1.50. The van der Waals surface area contributed by atoms with Crippen molar-refractivity contribution < 1.29 is 24.2 Å². The minimum absolute atomic E-state index is 0.0136. The number of fused-ring (bicyclic) bond motifs is 1. The molecule has 5 atom stereocenters. The van der Waals surface area contributed by atoms with Gasteiger partial charge in [0.15, 0.2) is 0 Å². The normalized spacial score (nSPS) is 29.7. The van der Waals surface area contributed by atoms with Crippen molar-refractivity contribution in [1.29, 1.82) is 0 Å². The van der Waals surface area contributed by atoms with Crippen LogP contribution in [-0.2, 0) is 20.8 Å². The number of likely N-dealkylation sites (tertiary alicyclic amines) is 1. The van der Waals surface area contributed by atoms with E-state index in [0.717, 1.165) is 32.5 Å². The first-order chi connectivity index (χ1) is 17.0. The summed E-state index contributed by atoms with van der Waals surface area (Å²) in [7, 11) is 0. The summed E-state index contributed by atoms with van der Waals surface area (Å²) in [4.78, 5) is 29.6. The molecule has 4 rings (SSSR count). The molecule has 0 radical (unpaired) electrons. The number of carbonyl (C=O) groups excluding carboxylic acids is 2. The largest absolute Gasteiger partial charge is 0.389 e. The summed E-state index contributed by atoms with van der Waals surface area (Å²) in [5.74, 6) is 0.0136. The summed E-state index contributed by atoms with van der Waals surface area (Å²) in [5, 5.41) is 16.3. The maximum Gasteiger partial charge on any atom is 0.317 e. The number of amides is 3. The molecule has 0 spiro atoms. The van der Waals surface area contributed by atoms with Crippen molar-refractivity contribution in [3.8, 4) is 0 Å². The molecule has 1 aromatic carbocycles. The van der Waals surface area contributed by atoms with Gasteiger partial charge in [-0.1, -0.05) is 37.3 Å². The molecule has 0 aromatic heterocycles. The third-order valence-corrected chi connectivity index (χ3v) is 7.07. The van der Waals surface area contributed by atoms with Gasteiger partial charge in [-0.25, -0.2) is 4.79 Å². The molecule has 1 aromatic rings. The molecule has 35 heavy (non-hydrogen) atoms. The zero-order valence-electron chi connectivity index (χ0n) is 20.7. The van der Waals surface area contributed by atoms with E-state index >= 15 is 0 Å². The van der Waals surface area contributed by atoms with Gasteiger partial charge < -0.3 is 30.1 Å². The molecular formula is C26H40N4O5. The Kier molecular flexibility index (Phi) is 9.37. The van der Waals surface area contributed by atoms with Crippen LogP contribution in [0.3, 0.4) is 0 Å². The molecule has 0 aliphatic carbocycles.